The molecule has 0 bridgehead atoms. The van der Waals surface area contributed by atoms with Crippen LogP contribution in [0.15, 0.2) is 93.3 Å². The second kappa shape index (κ2) is 10.3. The fourth-order valence-corrected chi connectivity index (χ4v) is 4.99. The lowest BCUT2D eigenvalue weighted by Crippen LogP contribution is -2.35. The zero-order chi connectivity index (χ0) is 25.2. The molecule has 1 atom stereocenters. The first-order valence-corrected chi connectivity index (χ1v) is 13.2. The quantitative estimate of drug-likeness (QED) is 0.303. The Kier molecular flexibility index (Phi) is 7.40. The minimum atomic E-state index is -4.10. The second-order valence-corrected chi connectivity index (χ2v) is 10.9. The van der Waals surface area contributed by atoms with Crippen LogP contribution in [-0.4, -0.2) is 37.2 Å². The average molecular weight is 527 g/mol. The number of rotatable bonds is 6. The molecule has 1 N–H and O–H groups in total. The third-order valence-corrected chi connectivity index (χ3v) is 7.42. The summed E-state index contributed by atoms with van der Waals surface area (Å²) in [7, 11) is -4.10. The van der Waals surface area contributed by atoms with Crippen molar-refractivity contribution in [2.75, 3.05) is 6.54 Å². The van der Waals surface area contributed by atoms with Crippen LogP contribution in [0.5, 0.6) is 0 Å². The van der Waals surface area contributed by atoms with E-state index < -0.39 is 10.0 Å². The number of sulfonamides is 1. The number of halogens is 2. The van der Waals surface area contributed by atoms with Crippen LogP contribution in [0.1, 0.15) is 30.9 Å². The average Bonchev–Trinajstić information content (AvgIpc) is 3.28. The molecule has 1 heterocycles. The van der Waals surface area contributed by atoms with Crippen LogP contribution in [0.4, 0.5) is 0 Å². The Bertz CT molecular complexity index is 1390. The van der Waals surface area contributed by atoms with Crippen LogP contribution in [0, 0.1) is 11.3 Å². The Hall–Kier alpha value is -3.00. The Morgan fingerprint density at radius 1 is 0.971 bits per heavy atom. The molecule has 4 rings (SSSR count). The molecule has 3 aromatic rings. The molecular formula is C26H24Cl2N4O2S. The topological polar surface area (TPSA) is 85.9 Å². The van der Waals surface area contributed by atoms with Gasteiger partial charge in [0.2, 0.25) is 0 Å². The van der Waals surface area contributed by atoms with Crippen LogP contribution in [-0.2, 0) is 10.0 Å². The van der Waals surface area contributed by atoms with Gasteiger partial charge in [-0.05, 0) is 53.4 Å². The summed E-state index contributed by atoms with van der Waals surface area (Å²) < 4.78 is 30.4. The van der Waals surface area contributed by atoms with Crippen molar-refractivity contribution in [1.82, 2.24) is 5.01 Å². The molecule has 1 aliphatic rings. The smallest absolute Gasteiger partial charge is 0.284 e. The summed E-state index contributed by atoms with van der Waals surface area (Å²) in [6.45, 7) is 3.98. The van der Waals surface area contributed by atoms with Crippen molar-refractivity contribution in [3.8, 4) is 0 Å². The molecule has 0 aromatic heterocycles. The number of hydrogen-bond donors (Lipinski definition) is 1. The van der Waals surface area contributed by atoms with Crippen molar-refractivity contribution in [3.05, 3.63) is 100 Å². The molecule has 3 aromatic carbocycles. The summed E-state index contributed by atoms with van der Waals surface area (Å²) in [4.78, 5) is -0.00309. The molecule has 6 nitrogen and oxygen atoms in total. The van der Waals surface area contributed by atoms with Gasteiger partial charge in [-0.15, -0.1) is 4.40 Å². The minimum absolute atomic E-state index is 0.000144. The number of hydrogen-bond acceptors (Lipinski definition) is 4. The Balaban J connectivity index is 1.82. The van der Waals surface area contributed by atoms with E-state index in [4.69, 9.17) is 33.7 Å². The first-order chi connectivity index (χ1) is 16.7. The van der Waals surface area contributed by atoms with E-state index in [1.807, 2.05) is 56.3 Å². The fraction of sp³-hybridized carbons (Fsp3) is 0.192. The van der Waals surface area contributed by atoms with Gasteiger partial charge in [0.05, 0.1) is 22.9 Å². The third-order valence-electron chi connectivity index (χ3n) is 5.64. The van der Waals surface area contributed by atoms with Gasteiger partial charge in [-0.1, -0.05) is 79.5 Å². The zero-order valence-electron chi connectivity index (χ0n) is 19.2. The lowest BCUT2D eigenvalue weighted by molar-refractivity contribution is 0.479. The van der Waals surface area contributed by atoms with E-state index in [2.05, 4.69) is 4.40 Å². The van der Waals surface area contributed by atoms with Crippen molar-refractivity contribution >= 4 is 50.5 Å². The van der Waals surface area contributed by atoms with E-state index in [0.29, 0.717) is 16.6 Å². The first-order valence-electron chi connectivity index (χ1n) is 11.0. The van der Waals surface area contributed by atoms with E-state index >= 15 is 0 Å². The van der Waals surface area contributed by atoms with E-state index in [1.165, 1.54) is 29.3 Å². The van der Waals surface area contributed by atoms with Crippen LogP contribution in [0.2, 0.25) is 10.0 Å². The van der Waals surface area contributed by atoms with E-state index in [9.17, 15) is 8.42 Å². The predicted octanol–water partition coefficient (Wildman–Crippen LogP) is 6.26. The molecule has 0 spiro atoms. The van der Waals surface area contributed by atoms with Crippen molar-refractivity contribution < 1.29 is 8.42 Å². The zero-order valence-corrected chi connectivity index (χ0v) is 21.5. The van der Waals surface area contributed by atoms with Gasteiger partial charge < -0.3 is 5.41 Å². The molecule has 0 saturated heterocycles. The minimum Gasteiger partial charge on any atom is -0.301 e. The standard InChI is InChI=1S/C26H24Cl2N4O2S/c1-17(2)24(29)26(31-35(33,34)22-14-12-21(28)13-15-22)32-16-23(18-6-4-3-5-7-18)25(30-32)19-8-10-20(27)11-9-19/h3-15,17,23,29H,16H2,1-2H3/b29-24?,31-26+. The summed E-state index contributed by atoms with van der Waals surface area (Å²) in [5, 5.41) is 16.0. The number of nitrogens with one attached hydrogen (secondary N) is 1. The molecule has 0 saturated carbocycles. The van der Waals surface area contributed by atoms with E-state index in [0.717, 1.165) is 16.8 Å². The van der Waals surface area contributed by atoms with Gasteiger partial charge in [0.25, 0.3) is 10.0 Å². The fourth-order valence-electron chi connectivity index (χ4n) is 3.73. The van der Waals surface area contributed by atoms with Crippen LogP contribution < -0.4 is 0 Å². The van der Waals surface area contributed by atoms with Gasteiger partial charge in [0, 0.05) is 16.0 Å². The normalized spacial score (nSPS) is 16.5. The highest BCUT2D eigenvalue weighted by Crippen LogP contribution is 2.30. The maximum atomic E-state index is 13.2. The number of benzene rings is 3. The highest BCUT2D eigenvalue weighted by Gasteiger charge is 2.34. The summed E-state index contributed by atoms with van der Waals surface area (Å²) >= 11 is 12.0. The molecule has 0 radical (unpaired) electrons. The van der Waals surface area contributed by atoms with Crippen LogP contribution in [0.3, 0.4) is 0 Å². The van der Waals surface area contributed by atoms with Gasteiger partial charge in [0.1, 0.15) is 0 Å². The molecule has 35 heavy (non-hydrogen) atoms. The van der Waals surface area contributed by atoms with Crippen molar-refractivity contribution in [2.45, 2.75) is 24.7 Å². The van der Waals surface area contributed by atoms with Gasteiger partial charge >= 0.3 is 0 Å². The number of nitrogens with zero attached hydrogens (tertiary/aromatic N) is 3. The van der Waals surface area contributed by atoms with Gasteiger partial charge in [0.15, 0.2) is 5.84 Å². The Morgan fingerprint density at radius 3 is 2.11 bits per heavy atom. The highest BCUT2D eigenvalue weighted by atomic mass is 35.5. The molecule has 0 fully saturated rings. The lowest BCUT2D eigenvalue weighted by Gasteiger charge is -2.20. The highest BCUT2D eigenvalue weighted by molar-refractivity contribution is 7.90. The Labute approximate surface area is 215 Å². The van der Waals surface area contributed by atoms with Gasteiger partial charge in [-0.2, -0.15) is 13.5 Å². The van der Waals surface area contributed by atoms with E-state index in [-0.39, 0.29) is 28.3 Å². The number of amidine groups is 1. The first kappa shape index (κ1) is 25.1. The molecule has 9 heteroatoms. The molecule has 1 unspecified atom stereocenters. The summed E-state index contributed by atoms with van der Waals surface area (Å²) in [5.74, 6) is -0.417. The monoisotopic (exact) mass is 526 g/mol. The van der Waals surface area contributed by atoms with Gasteiger partial charge in [-0.25, -0.2) is 5.01 Å². The maximum Gasteiger partial charge on any atom is 0.284 e. The largest absolute Gasteiger partial charge is 0.301 e. The lowest BCUT2D eigenvalue weighted by atomic mass is 9.90. The molecule has 0 amide bonds. The van der Waals surface area contributed by atoms with Crippen molar-refractivity contribution in [2.24, 2.45) is 15.4 Å². The summed E-state index contributed by atoms with van der Waals surface area (Å²) in [6.07, 6.45) is 0. The summed E-state index contributed by atoms with van der Waals surface area (Å²) in [6, 6.07) is 23.0. The molecule has 180 valence electrons. The SMILES string of the molecule is CC(C)C(=N)/C(=N\S(=O)(=O)c1ccc(Cl)cc1)N1CC(c2ccccc2)C(c2ccc(Cl)cc2)=N1. The van der Waals surface area contributed by atoms with Crippen LogP contribution >= 0.6 is 23.2 Å². The van der Waals surface area contributed by atoms with Crippen molar-refractivity contribution in [1.29, 1.82) is 5.41 Å². The van der Waals surface area contributed by atoms with Crippen LogP contribution in [0.25, 0.3) is 0 Å². The Morgan fingerprint density at radius 2 is 1.54 bits per heavy atom. The van der Waals surface area contributed by atoms with Gasteiger partial charge in [-0.3, -0.25) is 0 Å². The van der Waals surface area contributed by atoms with Crippen molar-refractivity contribution in [3.63, 3.8) is 0 Å². The van der Waals surface area contributed by atoms with E-state index in [1.54, 1.807) is 12.1 Å². The maximum absolute atomic E-state index is 13.2. The predicted molar refractivity (Wildman–Crippen MR) is 143 cm³/mol. The third kappa shape index (κ3) is 5.64. The summed E-state index contributed by atoms with van der Waals surface area (Å²) in [5.41, 5.74) is 2.72. The molecule has 1 aliphatic heterocycles. The molecular weight excluding hydrogens is 503 g/mol. The molecule has 0 aliphatic carbocycles. The second-order valence-electron chi connectivity index (χ2n) is 8.45. The number of hydrazone groups is 1.